The predicted octanol–water partition coefficient (Wildman–Crippen LogP) is 2.82. The summed E-state index contributed by atoms with van der Waals surface area (Å²) in [5.41, 5.74) is 7.97. The molecule has 0 aliphatic carbocycles. The number of hydrogen-bond acceptors (Lipinski definition) is 2. The number of benzene rings is 2. The van der Waals surface area contributed by atoms with E-state index >= 15 is 0 Å². The number of carbonyl (C=O) groups is 1. The van der Waals surface area contributed by atoms with Crippen molar-refractivity contribution in [2.45, 2.75) is 13.5 Å². The van der Waals surface area contributed by atoms with Gasteiger partial charge in [0.15, 0.2) is 5.78 Å². The molecule has 0 radical (unpaired) electrons. The second kappa shape index (κ2) is 5.10. The Balaban J connectivity index is 2.38. The molecule has 2 N–H and O–H groups in total. The molecule has 0 aliphatic rings. The minimum absolute atomic E-state index is 0.117. The van der Waals surface area contributed by atoms with Gasteiger partial charge in [-0.2, -0.15) is 0 Å². The van der Waals surface area contributed by atoms with E-state index in [1.165, 1.54) is 12.1 Å². The van der Waals surface area contributed by atoms with Crippen molar-refractivity contribution in [1.29, 1.82) is 0 Å². The zero-order valence-corrected chi connectivity index (χ0v) is 10.1. The average Bonchev–Trinajstić information content (AvgIpc) is 2.41. The first-order valence-corrected chi connectivity index (χ1v) is 5.71. The van der Waals surface area contributed by atoms with Gasteiger partial charge in [0.05, 0.1) is 0 Å². The first-order valence-electron chi connectivity index (χ1n) is 5.71. The Morgan fingerprint density at radius 1 is 1.17 bits per heavy atom. The Labute approximate surface area is 105 Å². The van der Waals surface area contributed by atoms with Gasteiger partial charge in [0.1, 0.15) is 5.82 Å². The second-order valence-electron chi connectivity index (χ2n) is 4.20. The molecule has 0 aromatic heterocycles. The van der Waals surface area contributed by atoms with Gasteiger partial charge in [0.25, 0.3) is 0 Å². The Kier molecular flexibility index (Phi) is 3.53. The van der Waals surface area contributed by atoms with Crippen LogP contribution in [0.4, 0.5) is 4.39 Å². The van der Waals surface area contributed by atoms with Crippen LogP contribution in [0.3, 0.4) is 0 Å². The molecule has 0 fully saturated rings. The van der Waals surface area contributed by atoms with E-state index in [2.05, 4.69) is 0 Å². The van der Waals surface area contributed by atoms with Gasteiger partial charge in [-0.15, -0.1) is 0 Å². The molecular weight excluding hydrogens is 229 g/mol. The number of ketones is 1. The van der Waals surface area contributed by atoms with Crippen LogP contribution < -0.4 is 5.73 Å². The van der Waals surface area contributed by atoms with E-state index in [0.29, 0.717) is 23.2 Å². The number of aryl methyl sites for hydroxylation is 1. The maximum absolute atomic E-state index is 13.2. The van der Waals surface area contributed by atoms with Crippen molar-refractivity contribution in [3.63, 3.8) is 0 Å². The van der Waals surface area contributed by atoms with Gasteiger partial charge in [-0.25, -0.2) is 4.39 Å². The summed E-state index contributed by atoms with van der Waals surface area (Å²) in [6, 6.07) is 11.5. The number of rotatable bonds is 3. The minimum atomic E-state index is -0.303. The fourth-order valence-corrected chi connectivity index (χ4v) is 1.79. The molecule has 0 saturated carbocycles. The van der Waals surface area contributed by atoms with Crippen molar-refractivity contribution in [3.8, 4) is 0 Å². The van der Waals surface area contributed by atoms with Crippen LogP contribution in [0, 0.1) is 12.7 Å². The predicted molar refractivity (Wildman–Crippen MR) is 68.9 cm³/mol. The lowest BCUT2D eigenvalue weighted by Crippen LogP contribution is -2.04. The molecule has 0 heterocycles. The quantitative estimate of drug-likeness (QED) is 0.842. The molecule has 0 saturated heterocycles. The summed E-state index contributed by atoms with van der Waals surface area (Å²) in [7, 11) is 0. The molecule has 2 rings (SSSR count). The van der Waals surface area contributed by atoms with Crippen molar-refractivity contribution in [1.82, 2.24) is 0 Å². The summed E-state index contributed by atoms with van der Waals surface area (Å²) in [5.74, 6) is -0.421. The summed E-state index contributed by atoms with van der Waals surface area (Å²) in [6.45, 7) is 2.03. The smallest absolute Gasteiger partial charge is 0.193 e. The highest BCUT2D eigenvalue weighted by atomic mass is 19.1. The van der Waals surface area contributed by atoms with Crippen molar-refractivity contribution in [2.24, 2.45) is 5.73 Å². The van der Waals surface area contributed by atoms with E-state index in [4.69, 9.17) is 5.73 Å². The van der Waals surface area contributed by atoms with Gasteiger partial charge in [0, 0.05) is 17.7 Å². The van der Waals surface area contributed by atoms with E-state index in [1.54, 1.807) is 31.2 Å². The molecule has 0 aliphatic heterocycles. The number of carbonyl (C=O) groups excluding carboxylic acids is 1. The monoisotopic (exact) mass is 243 g/mol. The fourth-order valence-electron chi connectivity index (χ4n) is 1.79. The summed E-state index contributed by atoms with van der Waals surface area (Å²) >= 11 is 0. The molecule has 0 unspecified atom stereocenters. The molecule has 2 aromatic carbocycles. The minimum Gasteiger partial charge on any atom is -0.326 e. The Bertz CT molecular complexity index is 593. The third kappa shape index (κ3) is 2.46. The zero-order chi connectivity index (χ0) is 13.1. The Morgan fingerprint density at radius 2 is 1.89 bits per heavy atom. The lowest BCUT2D eigenvalue weighted by molar-refractivity contribution is 0.103. The maximum atomic E-state index is 13.2. The largest absolute Gasteiger partial charge is 0.326 e. The van der Waals surface area contributed by atoms with Crippen LogP contribution >= 0.6 is 0 Å². The van der Waals surface area contributed by atoms with Crippen molar-refractivity contribution >= 4 is 5.78 Å². The first kappa shape index (κ1) is 12.5. The summed E-state index contributed by atoms with van der Waals surface area (Å²) in [6.07, 6.45) is 0. The van der Waals surface area contributed by atoms with Crippen molar-refractivity contribution < 1.29 is 9.18 Å². The standard InChI is InChI=1S/C15H14FNO/c1-10-7-13(5-6-14(10)16)15(18)12-4-2-3-11(8-12)9-17/h2-8H,9,17H2,1H3. The highest BCUT2D eigenvalue weighted by Gasteiger charge is 2.10. The van der Waals surface area contributed by atoms with E-state index in [1.807, 2.05) is 6.07 Å². The van der Waals surface area contributed by atoms with Crippen LogP contribution in [0.25, 0.3) is 0 Å². The molecular formula is C15H14FNO. The SMILES string of the molecule is Cc1cc(C(=O)c2cccc(CN)c2)ccc1F. The van der Waals surface area contributed by atoms with Gasteiger partial charge in [-0.3, -0.25) is 4.79 Å². The molecule has 18 heavy (non-hydrogen) atoms. The molecule has 0 amide bonds. The Hall–Kier alpha value is -2.00. The highest BCUT2D eigenvalue weighted by molar-refractivity contribution is 6.09. The van der Waals surface area contributed by atoms with Gasteiger partial charge >= 0.3 is 0 Å². The van der Waals surface area contributed by atoms with Crippen molar-refractivity contribution in [3.05, 3.63) is 70.5 Å². The fraction of sp³-hybridized carbons (Fsp3) is 0.133. The molecule has 3 heteroatoms. The van der Waals surface area contributed by atoms with Crippen LogP contribution in [-0.2, 0) is 6.54 Å². The van der Waals surface area contributed by atoms with Crippen LogP contribution in [0.15, 0.2) is 42.5 Å². The Morgan fingerprint density at radius 3 is 2.56 bits per heavy atom. The van der Waals surface area contributed by atoms with Gasteiger partial charge in [-0.05, 0) is 42.3 Å². The van der Waals surface area contributed by atoms with Crippen LogP contribution in [0.2, 0.25) is 0 Å². The summed E-state index contributed by atoms with van der Waals surface area (Å²) in [4.78, 5) is 12.2. The van der Waals surface area contributed by atoms with Gasteiger partial charge in [0.2, 0.25) is 0 Å². The second-order valence-corrected chi connectivity index (χ2v) is 4.20. The van der Waals surface area contributed by atoms with E-state index in [9.17, 15) is 9.18 Å². The summed E-state index contributed by atoms with van der Waals surface area (Å²) < 4.78 is 13.2. The molecule has 0 atom stereocenters. The lowest BCUT2D eigenvalue weighted by Gasteiger charge is -2.05. The van der Waals surface area contributed by atoms with Crippen LogP contribution in [0.5, 0.6) is 0 Å². The molecule has 0 spiro atoms. The molecule has 0 bridgehead atoms. The average molecular weight is 243 g/mol. The third-order valence-corrected chi connectivity index (χ3v) is 2.85. The van der Waals surface area contributed by atoms with E-state index in [-0.39, 0.29) is 11.6 Å². The zero-order valence-electron chi connectivity index (χ0n) is 10.1. The third-order valence-electron chi connectivity index (χ3n) is 2.85. The van der Waals surface area contributed by atoms with E-state index in [0.717, 1.165) is 5.56 Å². The molecule has 2 nitrogen and oxygen atoms in total. The normalized spacial score (nSPS) is 10.4. The molecule has 2 aromatic rings. The van der Waals surface area contributed by atoms with Crippen LogP contribution in [0.1, 0.15) is 27.0 Å². The van der Waals surface area contributed by atoms with Crippen LogP contribution in [-0.4, -0.2) is 5.78 Å². The molecule has 92 valence electrons. The lowest BCUT2D eigenvalue weighted by atomic mass is 10.00. The number of halogens is 1. The van der Waals surface area contributed by atoms with Crippen molar-refractivity contribution in [2.75, 3.05) is 0 Å². The number of hydrogen-bond donors (Lipinski definition) is 1. The number of nitrogens with two attached hydrogens (primary N) is 1. The van der Waals surface area contributed by atoms with Gasteiger partial charge < -0.3 is 5.73 Å². The summed E-state index contributed by atoms with van der Waals surface area (Å²) in [5, 5.41) is 0. The van der Waals surface area contributed by atoms with Gasteiger partial charge in [-0.1, -0.05) is 18.2 Å². The maximum Gasteiger partial charge on any atom is 0.193 e. The highest BCUT2D eigenvalue weighted by Crippen LogP contribution is 2.15. The topological polar surface area (TPSA) is 43.1 Å². The first-order chi connectivity index (χ1) is 8.61. The van der Waals surface area contributed by atoms with E-state index < -0.39 is 0 Å².